The Morgan fingerprint density at radius 2 is 2.10 bits per heavy atom. The molecule has 6 heteroatoms. The zero-order valence-corrected chi connectivity index (χ0v) is 12.5. The third-order valence-electron chi connectivity index (χ3n) is 2.60. The largest absolute Gasteiger partial charge is 0.497 e. The van der Waals surface area contributed by atoms with Crippen LogP contribution in [0.1, 0.15) is 12.5 Å². The van der Waals surface area contributed by atoms with E-state index in [9.17, 15) is 8.42 Å². The summed E-state index contributed by atoms with van der Waals surface area (Å²) in [6.45, 7) is 1.95. The molecule has 0 radical (unpaired) electrons. The smallest absolute Gasteiger partial charge is 0.153 e. The van der Waals surface area contributed by atoms with Gasteiger partial charge in [-0.3, -0.25) is 0 Å². The molecule has 0 bridgehead atoms. The highest BCUT2D eigenvalue weighted by Gasteiger charge is 2.09. The van der Waals surface area contributed by atoms with E-state index in [1.54, 1.807) is 32.2 Å². The van der Waals surface area contributed by atoms with Crippen molar-refractivity contribution in [3.8, 4) is 23.3 Å². The first-order valence-electron chi connectivity index (χ1n) is 6.22. The third kappa shape index (κ3) is 5.11. The summed E-state index contributed by atoms with van der Waals surface area (Å²) in [6, 6.07) is 5.17. The first kappa shape index (κ1) is 16.3. The Morgan fingerprint density at radius 1 is 1.35 bits per heavy atom. The summed E-state index contributed by atoms with van der Waals surface area (Å²) in [5.41, 5.74) is 5.98. The lowest BCUT2D eigenvalue weighted by molar-refractivity contribution is 0.338. The molecule has 0 aromatic heterocycles. The molecule has 0 aliphatic carbocycles. The van der Waals surface area contributed by atoms with Gasteiger partial charge in [0.05, 0.1) is 25.0 Å². The first-order valence-corrected chi connectivity index (χ1v) is 8.04. The van der Waals surface area contributed by atoms with Crippen LogP contribution in [0.4, 0.5) is 0 Å². The van der Waals surface area contributed by atoms with Crippen LogP contribution in [0.2, 0.25) is 0 Å². The lowest BCUT2D eigenvalue weighted by atomic mass is 10.2. The number of hydrogen-bond donors (Lipinski definition) is 1. The summed E-state index contributed by atoms with van der Waals surface area (Å²) >= 11 is 0. The maximum Gasteiger partial charge on any atom is 0.153 e. The second kappa shape index (κ2) is 7.78. The fourth-order valence-electron chi connectivity index (χ4n) is 1.43. The molecule has 0 saturated carbocycles. The van der Waals surface area contributed by atoms with Crippen LogP contribution in [0.25, 0.3) is 0 Å². The summed E-state index contributed by atoms with van der Waals surface area (Å²) in [6.07, 6.45) is 0. The van der Waals surface area contributed by atoms with Gasteiger partial charge in [-0.2, -0.15) is 0 Å². The Morgan fingerprint density at radius 3 is 2.70 bits per heavy atom. The standard InChI is InChI=1S/C14H19NO4S/c1-3-20(16,17)10-9-19-14-7-6-13(18-2)11-12(14)5-4-8-15/h6-7,11H,3,8-10,15H2,1-2H3. The first-order chi connectivity index (χ1) is 9.52. The predicted molar refractivity (Wildman–Crippen MR) is 78.7 cm³/mol. The van der Waals surface area contributed by atoms with Crippen LogP contribution in [0, 0.1) is 11.8 Å². The minimum Gasteiger partial charge on any atom is -0.497 e. The van der Waals surface area contributed by atoms with Gasteiger partial charge in [0.2, 0.25) is 0 Å². The third-order valence-corrected chi connectivity index (χ3v) is 4.27. The molecule has 0 spiro atoms. The summed E-state index contributed by atoms with van der Waals surface area (Å²) < 4.78 is 33.4. The molecule has 1 rings (SSSR count). The molecule has 0 atom stereocenters. The van der Waals surface area contributed by atoms with Gasteiger partial charge in [-0.05, 0) is 18.2 Å². The van der Waals surface area contributed by atoms with E-state index in [4.69, 9.17) is 15.2 Å². The van der Waals surface area contributed by atoms with Gasteiger partial charge in [-0.15, -0.1) is 0 Å². The number of ether oxygens (including phenoxy) is 2. The Labute approximate surface area is 120 Å². The van der Waals surface area contributed by atoms with Gasteiger partial charge in [0.1, 0.15) is 18.1 Å². The van der Waals surface area contributed by atoms with Gasteiger partial charge in [-0.25, -0.2) is 8.42 Å². The van der Waals surface area contributed by atoms with Gasteiger partial charge >= 0.3 is 0 Å². The molecule has 2 N–H and O–H groups in total. The van der Waals surface area contributed by atoms with E-state index in [0.29, 0.717) is 17.1 Å². The Bertz CT molecular complexity index is 599. The van der Waals surface area contributed by atoms with E-state index in [1.165, 1.54) is 0 Å². The molecule has 1 aromatic carbocycles. The Kier molecular flexibility index (Phi) is 6.36. The van der Waals surface area contributed by atoms with E-state index < -0.39 is 9.84 Å². The molecule has 0 aliphatic rings. The van der Waals surface area contributed by atoms with Crippen molar-refractivity contribution in [1.82, 2.24) is 0 Å². The number of rotatable bonds is 6. The molecule has 0 heterocycles. The second-order valence-electron chi connectivity index (χ2n) is 3.95. The summed E-state index contributed by atoms with van der Waals surface area (Å²) in [4.78, 5) is 0. The molecule has 0 unspecified atom stereocenters. The maximum absolute atomic E-state index is 11.4. The molecule has 5 nitrogen and oxygen atoms in total. The van der Waals surface area contributed by atoms with Crippen molar-refractivity contribution in [3.63, 3.8) is 0 Å². The predicted octanol–water partition coefficient (Wildman–Crippen LogP) is 0.819. The van der Waals surface area contributed by atoms with Crippen molar-refractivity contribution < 1.29 is 17.9 Å². The van der Waals surface area contributed by atoms with Gasteiger partial charge in [-0.1, -0.05) is 18.8 Å². The van der Waals surface area contributed by atoms with E-state index in [1.807, 2.05) is 0 Å². The average Bonchev–Trinajstić information content (AvgIpc) is 2.45. The number of benzene rings is 1. The molecule has 0 aliphatic heterocycles. The van der Waals surface area contributed by atoms with Crippen molar-refractivity contribution >= 4 is 9.84 Å². The number of hydrogen-bond acceptors (Lipinski definition) is 5. The summed E-state index contributed by atoms with van der Waals surface area (Å²) in [5, 5.41) is 0. The molecule has 110 valence electrons. The van der Waals surface area contributed by atoms with Crippen LogP contribution >= 0.6 is 0 Å². The highest BCUT2D eigenvalue weighted by molar-refractivity contribution is 7.91. The molecule has 20 heavy (non-hydrogen) atoms. The van der Waals surface area contributed by atoms with E-state index in [2.05, 4.69) is 11.8 Å². The Balaban J connectivity index is 2.83. The molecule has 0 fully saturated rings. The quantitative estimate of drug-likeness (QED) is 0.786. The number of nitrogens with two attached hydrogens (primary N) is 1. The molecule has 1 aromatic rings. The molecule has 0 amide bonds. The van der Waals surface area contributed by atoms with Crippen LogP contribution in [0.3, 0.4) is 0 Å². The van der Waals surface area contributed by atoms with Crippen LogP contribution in [-0.4, -0.2) is 40.2 Å². The minimum absolute atomic E-state index is 0.0146. The lowest BCUT2D eigenvalue weighted by Crippen LogP contribution is -2.15. The molecular weight excluding hydrogens is 278 g/mol. The van der Waals surface area contributed by atoms with Crippen LogP contribution in [0.5, 0.6) is 11.5 Å². The zero-order valence-electron chi connectivity index (χ0n) is 11.7. The minimum atomic E-state index is -3.04. The lowest BCUT2D eigenvalue weighted by Gasteiger charge is -2.09. The van der Waals surface area contributed by atoms with Crippen LogP contribution in [0.15, 0.2) is 18.2 Å². The molecule has 0 saturated heterocycles. The highest BCUT2D eigenvalue weighted by Crippen LogP contribution is 2.23. The van der Waals surface area contributed by atoms with Crippen molar-refractivity contribution in [2.24, 2.45) is 5.73 Å². The van der Waals surface area contributed by atoms with Crippen molar-refractivity contribution in [1.29, 1.82) is 0 Å². The SMILES string of the molecule is CCS(=O)(=O)CCOc1ccc(OC)cc1C#CCN. The van der Waals surface area contributed by atoms with Crippen LogP contribution in [-0.2, 0) is 9.84 Å². The summed E-state index contributed by atoms with van der Waals surface area (Å²) in [7, 11) is -1.48. The normalized spacial score (nSPS) is 10.6. The maximum atomic E-state index is 11.4. The van der Waals surface area contributed by atoms with Crippen molar-refractivity contribution in [2.75, 3.05) is 31.8 Å². The zero-order chi connectivity index (χ0) is 15.0. The second-order valence-corrected chi connectivity index (χ2v) is 6.43. The Hall–Kier alpha value is -1.71. The van der Waals surface area contributed by atoms with Crippen molar-refractivity contribution in [3.05, 3.63) is 23.8 Å². The fraction of sp³-hybridized carbons (Fsp3) is 0.429. The van der Waals surface area contributed by atoms with Gasteiger partial charge in [0, 0.05) is 5.75 Å². The average molecular weight is 297 g/mol. The van der Waals surface area contributed by atoms with Gasteiger partial charge in [0.25, 0.3) is 0 Å². The topological polar surface area (TPSA) is 78.6 Å². The number of sulfone groups is 1. The van der Waals surface area contributed by atoms with Crippen LogP contribution < -0.4 is 15.2 Å². The van der Waals surface area contributed by atoms with Gasteiger partial charge in [0.15, 0.2) is 9.84 Å². The number of methoxy groups -OCH3 is 1. The van der Waals surface area contributed by atoms with E-state index in [-0.39, 0.29) is 24.7 Å². The van der Waals surface area contributed by atoms with Gasteiger partial charge < -0.3 is 15.2 Å². The highest BCUT2D eigenvalue weighted by atomic mass is 32.2. The van der Waals surface area contributed by atoms with Crippen molar-refractivity contribution in [2.45, 2.75) is 6.92 Å². The fourth-order valence-corrected chi connectivity index (χ4v) is 2.05. The van der Waals surface area contributed by atoms with E-state index in [0.717, 1.165) is 0 Å². The monoisotopic (exact) mass is 297 g/mol. The summed E-state index contributed by atoms with van der Waals surface area (Å²) in [5.74, 6) is 6.89. The van der Waals surface area contributed by atoms with E-state index >= 15 is 0 Å². The molecular formula is C14H19NO4S.